The third kappa shape index (κ3) is 2.31. The fourth-order valence-corrected chi connectivity index (χ4v) is 1.73. The fraction of sp³-hybridized carbons (Fsp3) is 0.500. The van der Waals surface area contributed by atoms with Crippen molar-refractivity contribution in [3.63, 3.8) is 0 Å². The molecule has 1 N–H and O–H groups in total. The molecule has 1 aliphatic carbocycles. The van der Waals surface area contributed by atoms with Crippen molar-refractivity contribution >= 4 is 0 Å². The Hall–Kier alpha value is -0.820. The van der Waals surface area contributed by atoms with Crippen LogP contribution < -0.4 is 0 Å². The molecule has 1 fully saturated rings. The second kappa shape index (κ2) is 3.51. The molecule has 0 heterocycles. The number of aliphatic hydroxyl groups excluding tert-OH is 1. The lowest BCUT2D eigenvalue weighted by atomic mass is 10.0. The molecule has 1 saturated carbocycles. The van der Waals surface area contributed by atoms with Gasteiger partial charge in [-0.2, -0.15) is 0 Å². The van der Waals surface area contributed by atoms with E-state index in [-0.39, 0.29) is 6.10 Å². The summed E-state index contributed by atoms with van der Waals surface area (Å²) < 4.78 is 0. The lowest BCUT2D eigenvalue weighted by Crippen LogP contribution is -2.04. The van der Waals surface area contributed by atoms with Gasteiger partial charge in [0.05, 0.1) is 6.10 Å². The molecule has 2 rings (SSSR count). The Morgan fingerprint density at radius 3 is 2.85 bits per heavy atom. The summed E-state index contributed by atoms with van der Waals surface area (Å²) in [6.07, 6.45) is 3.24. The summed E-state index contributed by atoms with van der Waals surface area (Å²) >= 11 is 0. The molecule has 0 aliphatic heterocycles. The van der Waals surface area contributed by atoms with E-state index in [0.29, 0.717) is 0 Å². The fourth-order valence-electron chi connectivity index (χ4n) is 1.73. The first kappa shape index (κ1) is 8.76. The molecule has 0 spiro atoms. The Morgan fingerprint density at radius 2 is 2.23 bits per heavy atom. The van der Waals surface area contributed by atoms with Gasteiger partial charge in [0, 0.05) is 0 Å². The highest BCUT2D eigenvalue weighted by atomic mass is 16.3. The second-order valence-electron chi connectivity index (χ2n) is 4.07. The van der Waals surface area contributed by atoms with Crippen molar-refractivity contribution in [2.24, 2.45) is 0 Å². The van der Waals surface area contributed by atoms with Gasteiger partial charge in [-0.25, -0.2) is 0 Å². The molecule has 1 atom stereocenters. The highest BCUT2D eigenvalue weighted by molar-refractivity contribution is 5.29. The molecule has 0 saturated heterocycles. The first-order valence-corrected chi connectivity index (χ1v) is 5.02. The number of aliphatic hydroxyl groups is 1. The molecular weight excluding hydrogens is 160 g/mol. The maximum absolute atomic E-state index is 9.25. The summed E-state index contributed by atoms with van der Waals surface area (Å²) in [5.74, 6) is 0.814. The molecule has 0 unspecified atom stereocenters. The summed E-state index contributed by atoms with van der Waals surface area (Å²) in [6, 6.07) is 8.64. The summed E-state index contributed by atoms with van der Waals surface area (Å²) in [4.78, 5) is 0. The van der Waals surface area contributed by atoms with E-state index in [2.05, 4.69) is 24.3 Å². The van der Waals surface area contributed by atoms with Gasteiger partial charge in [-0.15, -0.1) is 0 Å². The van der Waals surface area contributed by atoms with Gasteiger partial charge in [-0.1, -0.05) is 24.3 Å². The molecule has 1 nitrogen and oxygen atoms in total. The van der Waals surface area contributed by atoms with Crippen LogP contribution in [0.1, 0.15) is 36.8 Å². The van der Waals surface area contributed by atoms with Crippen LogP contribution in [-0.2, 0) is 6.42 Å². The van der Waals surface area contributed by atoms with Gasteiger partial charge in [0.1, 0.15) is 0 Å². The van der Waals surface area contributed by atoms with Crippen LogP contribution in [-0.4, -0.2) is 11.2 Å². The van der Waals surface area contributed by atoms with Crippen LogP contribution in [0.3, 0.4) is 0 Å². The number of hydrogen-bond acceptors (Lipinski definition) is 1. The minimum absolute atomic E-state index is 0.227. The highest BCUT2D eigenvalue weighted by Crippen LogP contribution is 2.40. The van der Waals surface area contributed by atoms with Crippen molar-refractivity contribution in [3.05, 3.63) is 35.4 Å². The first-order chi connectivity index (χ1) is 6.25. The van der Waals surface area contributed by atoms with Crippen LogP contribution in [0.15, 0.2) is 24.3 Å². The Kier molecular flexibility index (Phi) is 2.36. The third-order valence-corrected chi connectivity index (χ3v) is 2.53. The average Bonchev–Trinajstić information content (AvgIpc) is 2.85. The topological polar surface area (TPSA) is 20.2 Å². The van der Waals surface area contributed by atoms with Crippen molar-refractivity contribution in [1.82, 2.24) is 0 Å². The van der Waals surface area contributed by atoms with E-state index < -0.39 is 0 Å². The van der Waals surface area contributed by atoms with Gasteiger partial charge in [-0.05, 0) is 43.2 Å². The van der Waals surface area contributed by atoms with E-state index in [4.69, 9.17) is 0 Å². The predicted molar refractivity (Wildman–Crippen MR) is 53.8 cm³/mol. The lowest BCUT2D eigenvalue weighted by molar-refractivity contribution is 0.195. The van der Waals surface area contributed by atoms with Crippen molar-refractivity contribution in [2.45, 2.75) is 38.2 Å². The van der Waals surface area contributed by atoms with Crippen molar-refractivity contribution < 1.29 is 5.11 Å². The van der Waals surface area contributed by atoms with E-state index in [0.717, 1.165) is 12.3 Å². The minimum atomic E-state index is -0.227. The monoisotopic (exact) mass is 176 g/mol. The Balaban J connectivity index is 2.12. The zero-order chi connectivity index (χ0) is 9.26. The zero-order valence-corrected chi connectivity index (χ0v) is 8.03. The minimum Gasteiger partial charge on any atom is -0.393 e. The van der Waals surface area contributed by atoms with Crippen LogP contribution in [0.5, 0.6) is 0 Å². The van der Waals surface area contributed by atoms with Crippen molar-refractivity contribution in [3.8, 4) is 0 Å². The molecule has 0 amide bonds. The quantitative estimate of drug-likeness (QED) is 0.750. The van der Waals surface area contributed by atoms with Crippen LogP contribution in [0.25, 0.3) is 0 Å². The van der Waals surface area contributed by atoms with Gasteiger partial charge in [-0.3, -0.25) is 0 Å². The Labute approximate surface area is 79.4 Å². The average molecular weight is 176 g/mol. The summed E-state index contributed by atoms with van der Waals surface area (Å²) in [6.45, 7) is 1.84. The lowest BCUT2D eigenvalue weighted by Gasteiger charge is -2.06. The second-order valence-corrected chi connectivity index (χ2v) is 4.07. The van der Waals surface area contributed by atoms with E-state index in [1.165, 1.54) is 24.0 Å². The smallest absolute Gasteiger partial charge is 0.0552 e. The zero-order valence-electron chi connectivity index (χ0n) is 8.03. The maximum Gasteiger partial charge on any atom is 0.0552 e. The van der Waals surface area contributed by atoms with Crippen LogP contribution in [0, 0.1) is 0 Å². The Morgan fingerprint density at radius 1 is 1.46 bits per heavy atom. The molecule has 1 heteroatoms. The summed E-state index contributed by atoms with van der Waals surface area (Å²) in [7, 11) is 0. The normalized spacial score (nSPS) is 18.6. The van der Waals surface area contributed by atoms with Gasteiger partial charge in [0.15, 0.2) is 0 Å². The van der Waals surface area contributed by atoms with Crippen LogP contribution >= 0.6 is 0 Å². The highest BCUT2D eigenvalue weighted by Gasteiger charge is 2.23. The van der Waals surface area contributed by atoms with Gasteiger partial charge in [0.2, 0.25) is 0 Å². The molecule has 70 valence electrons. The van der Waals surface area contributed by atoms with Gasteiger partial charge in [0.25, 0.3) is 0 Å². The molecule has 0 aromatic heterocycles. The van der Waals surface area contributed by atoms with Crippen molar-refractivity contribution in [2.75, 3.05) is 0 Å². The number of rotatable bonds is 3. The third-order valence-electron chi connectivity index (χ3n) is 2.53. The van der Waals surface area contributed by atoms with E-state index in [1.54, 1.807) is 0 Å². The van der Waals surface area contributed by atoms with E-state index in [9.17, 15) is 5.11 Å². The molecular formula is C12H16O. The maximum atomic E-state index is 9.25. The largest absolute Gasteiger partial charge is 0.393 e. The number of hydrogen-bond donors (Lipinski definition) is 1. The van der Waals surface area contributed by atoms with Crippen LogP contribution in [0.2, 0.25) is 0 Å². The predicted octanol–water partition coefficient (Wildman–Crippen LogP) is 2.49. The molecule has 0 bridgehead atoms. The van der Waals surface area contributed by atoms with Crippen LogP contribution in [0.4, 0.5) is 0 Å². The molecule has 1 aromatic carbocycles. The Bertz CT molecular complexity index is 287. The SMILES string of the molecule is C[C@H](O)Cc1cccc(C2CC2)c1. The summed E-state index contributed by atoms with van der Waals surface area (Å²) in [5.41, 5.74) is 2.72. The molecule has 1 aliphatic rings. The van der Waals surface area contributed by atoms with Gasteiger partial charge >= 0.3 is 0 Å². The summed E-state index contributed by atoms with van der Waals surface area (Å²) in [5, 5.41) is 9.25. The van der Waals surface area contributed by atoms with Gasteiger partial charge < -0.3 is 5.11 Å². The van der Waals surface area contributed by atoms with E-state index in [1.807, 2.05) is 6.92 Å². The first-order valence-electron chi connectivity index (χ1n) is 5.02. The van der Waals surface area contributed by atoms with Crippen molar-refractivity contribution in [1.29, 1.82) is 0 Å². The molecule has 0 radical (unpaired) electrons. The number of benzene rings is 1. The molecule has 13 heavy (non-hydrogen) atoms. The molecule has 1 aromatic rings. The van der Waals surface area contributed by atoms with E-state index >= 15 is 0 Å². The standard InChI is InChI=1S/C12H16O/c1-9(13)7-10-3-2-4-12(8-10)11-5-6-11/h2-4,8-9,11,13H,5-7H2,1H3/t9-/m0/s1.